The normalized spacial score (nSPS) is 16.2. The maximum atomic E-state index is 11.8. The van der Waals surface area contributed by atoms with Crippen LogP contribution in [0.4, 0.5) is 0 Å². The van der Waals surface area contributed by atoms with Gasteiger partial charge in [0.2, 0.25) is 5.91 Å². The minimum atomic E-state index is 0.106. The summed E-state index contributed by atoms with van der Waals surface area (Å²) in [6.45, 7) is 4.99. The zero-order valence-corrected chi connectivity index (χ0v) is 12.6. The Labute approximate surface area is 121 Å². The summed E-state index contributed by atoms with van der Waals surface area (Å²) in [4.78, 5) is 11.8. The highest BCUT2D eigenvalue weighted by atomic mass is 16.1. The fraction of sp³-hybridized carbons (Fsp3) is 0.588. The van der Waals surface area contributed by atoms with E-state index in [1.807, 2.05) is 0 Å². The molecule has 3 heteroatoms. The highest BCUT2D eigenvalue weighted by molar-refractivity contribution is 5.76. The van der Waals surface area contributed by atoms with Crippen molar-refractivity contribution < 1.29 is 4.79 Å². The second kappa shape index (κ2) is 6.89. The van der Waals surface area contributed by atoms with E-state index in [-0.39, 0.29) is 11.9 Å². The van der Waals surface area contributed by atoms with Crippen LogP contribution in [0.5, 0.6) is 0 Å². The summed E-state index contributed by atoms with van der Waals surface area (Å²) >= 11 is 0. The van der Waals surface area contributed by atoms with Crippen molar-refractivity contribution in [2.24, 2.45) is 11.7 Å². The van der Waals surface area contributed by atoms with Gasteiger partial charge in [0.15, 0.2) is 0 Å². The van der Waals surface area contributed by atoms with Crippen molar-refractivity contribution in [2.75, 3.05) is 6.54 Å². The molecule has 0 radical (unpaired) electrons. The number of amides is 1. The van der Waals surface area contributed by atoms with Gasteiger partial charge in [0.1, 0.15) is 0 Å². The summed E-state index contributed by atoms with van der Waals surface area (Å²) in [6, 6.07) is 8.70. The lowest BCUT2D eigenvalue weighted by Gasteiger charge is -2.11. The summed E-state index contributed by atoms with van der Waals surface area (Å²) in [5.41, 5.74) is 8.52. The third kappa shape index (κ3) is 4.64. The quantitative estimate of drug-likeness (QED) is 0.803. The molecule has 1 aliphatic carbocycles. The van der Waals surface area contributed by atoms with Crippen molar-refractivity contribution in [1.29, 1.82) is 0 Å². The molecule has 0 saturated heterocycles. The van der Waals surface area contributed by atoms with Crippen LogP contribution < -0.4 is 11.1 Å². The molecule has 1 aromatic carbocycles. The van der Waals surface area contributed by atoms with Crippen LogP contribution in [0.3, 0.4) is 0 Å². The second-order valence-electron chi connectivity index (χ2n) is 6.20. The summed E-state index contributed by atoms with van der Waals surface area (Å²) in [6.07, 6.45) is 3.78. The number of carbonyl (C=O) groups is 1. The molecule has 0 aliphatic heterocycles. The molecule has 1 amide bonds. The molecule has 1 unspecified atom stereocenters. The minimum absolute atomic E-state index is 0.106. The van der Waals surface area contributed by atoms with E-state index < -0.39 is 0 Å². The number of nitrogens with one attached hydrogen (secondary N) is 1. The average molecular weight is 274 g/mol. The molecular weight excluding hydrogens is 248 g/mol. The molecule has 1 saturated carbocycles. The Kier molecular flexibility index (Phi) is 5.18. The first-order chi connectivity index (χ1) is 9.56. The van der Waals surface area contributed by atoms with E-state index in [2.05, 4.69) is 43.4 Å². The first-order valence-electron chi connectivity index (χ1n) is 7.67. The summed E-state index contributed by atoms with van der Waals surface area (Å²) in [5, 5.41) is 2.94. The van der Waals surface area contributed by atoms with Gasteiger partial charge in [-0.05, 0) is 42.2 Å². The van der Waals surface area contributed by atoms with Gasteiger partial charge >= 0.3 is 0 Å². The lowest BCUT2D eigenvalue weighted by atomic mass is 10.0. The van der Waals surface area contributed by atoms with Gasteiger partial charge in [0.25, 0.3) is 0 Å². The van der Waals surface area contributed by atoms with Crippen LogP contribution in [0.1, 0.15) is 50.2 Å². The average Bonchev–Trinajstić information content (AvgIpc) is 3.27. The van der Waals surface area contributed by atoms with E-state index in [9.17, 15) is 4.79 Å². The van der Waals surface area contributed by atoms with Gasteiger partial charge in [0, 0.05) is 19.0 Å². The number of rotatable bonds is 7. The number of hydrogen-bond donors (Lipinski definition) is 2. The molecule has 0 spiro atoms. The van der Waals surface area contributed by atoms with E-state index in [1.165, 1.54) is 24.0 Å². The number of nitrogens with two attached hydrogens (primary N) is 1. The molecule has 20 heavy (non-hydrogen) atoms. The number of hydrogen-bond acceptors (Lipinski definition) is 2. The fourth-order valence-corrected chi connectivity index (χ4v) is 2.34. The van der Waals surface area contributed by atoms with E-state index >= 15 is 0 Å². The molecule has 1 fully saturated rings. The molecule has 1 aromatic rings. The number of benzene rings is 1. The topological polar surface area (TPSA) is 55.1 Å². The molecule has 1 aliphatic rings. The van der Waals surface area contributed by atoms with Gasteiger partial charge < -0.3 is 11.1 Å². The van der Waals surface area contributed by atoms with Crippen LogP contribution in [-0.2, 0) is 11.2 Å². The Hall–Kier alpha value is -1.35. The summed E-state index contributed by atoms with van der Waals surface area (Å²) in [7, 11) is 0. The molecule has 2 rings (SSSR count). The fourth-order valence-electron chi connectivity index (χ4n) is 2.34. The van der Waals surface area contributed by atoms with Crippen LogP contribution >= 0.6 is 0 Å². The van der Waals surface area contributed by atoms with Gasteiger partial charge in [-0.25, -0.2) is 0 Å². The van der Waals surface area contributed by atoms with Crippen molar-refractivity contribution in [2.45, 2.75) is 51.5 Å². The zero-order valence-electron chi connectivity index (χ0n) is 12.6. The summed E-state index contributed by atoms with van der Waals surface area (Å²) < 4.78 is 0. The Morgan fingerprint density at radius 2 is 1.95 bits per heavy atom. The molecule has 3 N–H and O–H groups in total. The van der Waals surface area contributed by atoms with Gasteiger partial charge in [-0.15, -0.1) is 0 Å². The SMILES string of the molecule is CC(C)c1ccc(CCC(=O)NCC(N)C2CC2)cc1. The number of aryl methyl sites for hydroxylation is 1. The molecule has 3 nitrogen and oxygen atoms in total. The van der Waals surface area contributed by atoms with Gasteiger partial charge in [-0.1, -0.05) is 38.1 Å². The minimum Gasteiger partial charge on any atom is -0.355 e. The van der Waals surface area contributed by atoms with Crippen molar-refractivity contribution in [3.63, 3.8) is 0 Å². The third-order valence-electron chi connectivity index (χ3n) is 4.05. The smallest absolute Gasteiger partial charge is 0.220 e. The van der Waals surface area contributed by atoms with Crippen molar-refractivity contribution >= 4 is 5.91 Å². The van der Waals surface area contributed by atoms with E-state index in [1.54, 1.807) is 0 Å². The largest absolute Gasteiger partial charge is 0.355 e. The second-order valence-corrected chi connectivity index (χ2v) is 6.20. The van der Waals surface area contributed by atoms with E-state index in [0.717, 1.165) is 6.42 Å². The van der Waals surface area contributed by atoms with Gasteiger partial charge in [0.05, 0.1) is 0 Å². The lowest BCUT2D eigenvalue weighted by Crippen LogP contribution is -2.38. The molecule has 0 aromatic heterocycles. The first kappa shape index (κ1) is 15.0. The molecule has 110 valence electrons. The Morgan fingerprint density at radius 1 is 1.30 bits per heavy atom. The van der Waals surface area contributed by atoms with Crippen molar-refractivity contribution in [3.8, 4) is 0 Å². The Balaban J connectivity index is 1.69. The molecular formula is C17H26N2O. The van der Waals surface area contributed by atoms with Gasteiger partial charge in [-0.3, -0.25) is 4.79 Å². The van der Waals surface area contributed by atoms with Crippen LogP contribution in [0.25, 0.3) is 0 Å². The summed E-state index contributed by atoms with van der Waals surface area (Å²) in [5.74, 6) is 1.30. The number of carbonyl (C=O) groups excluding carboxylic acids is 1. The first-order valence-corrected chi connectivity index (χ1v) is 7.67. The van der Waals surface area contributed by atoms with Crippen molar-refractivity contribution in [1.82, 2.24) is 5.32 Å². The van der Waals surface area contributed by atoms with Crippen LogP contribution in [0.15, 0.2) is 24.3 Å². The monoisotopic (exact) mass is 274 g/mol. The van der Waals surface area contributed by atoms with Crippen LogP contribution in [0, 0.1) is 5.92 Å². The maximum Gasteiger partial charge on any atom is 0.220 e. The molecule has 0 bridgehead atoms. The Morgan fingerprint density at radius 3 is 2.50 bits per heavy atom. The van der Waals surface area contributed by atoms with Crippen molar-refractivity contribution in [3.05, 3.63) is 35.4 Å². The highest BCUT2D eigenvalue weighted by Crippen LogP contribution is 2.31. The van der Waals surface area contributed by atoms with Crippen LogP contribution in [-0.4, -0.2) is 18.5 Å². The lowest BCUT2D eigenvalue weighted by molar-refractivity contribution is -0.121. The predicted octanol–water partition coefficient (Wildman–Crippen LogP) is 2.60. The van der Waals surface area contributed by atoms with E-state index in [0.29, 0.717) is 24.8 Å². The van der Waals surface area contributed by atoms with E-state index in [4.69, 9.17) is 5.73 Å². The zero-order chi connectivity index (χ0) is 14.5. The third-order valence-corrected chi connectivity index (χ3v) is 4.05. The molecule has 1 atom stereocenters. The highest BCUT2D eigenvalue weighted by Gasteiger charge is 2.28. The maximum absolute atomic E-state index is 11.8. The van der Waals surface area contributed by atoms with Gasteiger partial charge in [-0.2, -0.15) is 0 Å². The van der Waals surface area contributed by atoms with Crippen LogP contribution in [0.2, 0.25) is 0 Å². The Bertz CT molecular complexity index is 435. The predicted molar refractivity (Wildman–Crippen MR) is 82.6 cm³/mol. The molecule has 0 heterocycles. The standard InChI is InChI=1S/C17H26N2O/c1-12(2)14-6-3-13(4-7-14)5-10-17(20)19-11-16(18)15-8-9-15/h3-4,6-7,12,15-16H,5,8-11,18H2,1-2H3,(H,19,20).